The fourth-order valence-corrected chi connectivity index (χ4v) is 3.05. The molecule has 0 radical (unpaired) electrons. The van der Waals surface area contributed by atoms with Crippen molar-refractivity contribution in [3.8, 4) is 22.8 Å². The Bertz CT molecular complexity index is 984. The highest BCUT2D eigenvalue weighted by Crippen LogP contribution is 2.35. The fraction of sp³-hybridized carbons (Fsp3) is 0.238. The summed E-state index contributed by atoms with van der Waals surface area (Å²) in [6, 6.07) is 15.3. The van der Waals surface area contributed by atoms with Gasteiger partial charge in [0.05, 0.1) is 16.8 Å². The number of pyridine rings is 1. The highest BCUT2D eigenvalue weighted by molar-refractivity contribution is 6.07. The lowest BCUT2D eigenvalue weighted by molar-refractivity contribution is 0.0804. The van der Waals surface area contributed by atoms with Gasteiger partial charge in [-0.2, -0.15) is 0 Å². The number of hydrogen-bond acceptors (Lipinski definition) is 4. The van der Waals surface area contributed by atoms with Crippen LogP contribution in [-0.4, -0.2) is 42.6 Å². The molecule has 132 valence electrons. The molecule has 1 aromatic heterocycles. The number of fused-ring (bicyclic) bond motifs is 2. The lowest BCUT2D eigenvalue weighted by Crippen LogP contribution is -2.26. The molecule has 1 aliphatic rings. The van der Waals surface area contributed by atoms with E-state index in [1.54, 1.807) is 11.9 Å². The molecule has 0 N–H and O–H groups in total. The number of rotatable bonds is 3. The molecule has 1 aliphatic heterocycles. The maximum Gasteiger partial charge on any atom is 0.254 e. The standard InChI is InChI=1S/C21H20N2O3/c1-3-23(2)21(24)16-13-18(22-17-7-5-4-6-15(16)17)14-8-9-19-20(12-14)26-11-10-25-19/h4-9,12-13H,3,10-11H2,1-2H3. The molecule has 0 spiro atoms. The first-order valence-corrected chi connectivity index (χ1v) is 8.72. The third-order valence-electron chi connectivity index (χ3n) is 4.61. The summed E-state index contributed by atoms with van der Waals surface area (Å²) in [6.45, 7) is 3.70. The Morgan fingerprint density at radius 3 is 2.65 bits per heavy atom. The molecule has 2 heterocycles. The van der Waals surface area contributed by atoms with E-state index < -0.39 is 0 Å². The minimum atomic E-state index is -0.00936. The van der Waals surface area contributed by atoms with Gasteiger partial charge in [0.2, 0.25) is 0 Å². The smallest absolute Gasteiger partial charge is 0.254 e. The number of carbonyl (C=O) groups excluding carboxylic acids is 1. The number of amides is 1. The van der Waals surface area contributed by atoms with Crippen molar-refractivity contribution in [2.24, 2.45) is 0 Å². The summed E-state index contributed by atoms with van der Waals surface area (Å²) < 4.78 is 11.3. The first-order valence-electron chi connectivity index (χ1n) is 8.72. The Hall–Kier alpha value is -3.08. The highest BCUT2D eigenvalue weighted by atomic mass is 16.6. The number of aromatic nitrogens is 1. The molecule has 0 aliphatic carbocycles. The van der Waals surface area contributed by atoms with E-state index in [0.29, 0.717) is 31.1 Å². The maximum absolute atomic E-state index is 12.9. The monoisotopic (exact) mass is 348 g/mol. The molecule has 0 bridgehead atoms. The van der Waals surface area contributed by atoms with Crippen LogP contribution in [0.15, 0.2) is 48.5 Å². The number of para-hydroxylation sites is 1. The zero-order valence-electron chi connectivity index (χ0n) is 14.9. The van der Waals surface area contributed by atoms with Crippen LogP contribution in [0.25, 0.3) is 22.2 Å². The number of ether oxygens (including phenoxy) is 2. The number of carbonyl (C=O) groups is 1. The Balaban J connectivity index is 1.87. The summed E-state index contributed by atoms with van der Waals surface area (Å²) in [7, 11) is 1.81. The Kier molecular flexibility index (Phi) is 4.21. The zero-order valence-corrected chi connectivity index (χ0v) is 14.9. The van der Waals surface area contributed by atoms with Crippen LogP contribution in [0.4, 0.5) is 0 Å². The van der Waals surface area contributed by atoms with E-state index in [1.165, 1.54) is 0 Å². The van der Waals surface area contributed by atoms with Gasteiger partial charge in [0.25, 0.3) is 5.91 Å². The predicted octanol–water partition coefficient (Wildman–Crippen LogP) is 3.76. The second kappa shape index (κ2) is 6.67. The topological polar surface area (TPSA) is 51.7 Å². The lowest BCUT2D eigenvalue weighted by Gasteiger charge is -2.19. The molecule has 1 amide bonds. The molecular weight excluding hydrogens is 328 g/mol. The van der Waals surface area contributed by atoms with Crippen LogP contribution in [0.1, 0.15) is 17.3 Å². The number of hydrogen-bond donors (Lipinski definition) is 0. The maximum atomic E-state index is 12.9. The molecule has 2 aromatic carbocycles. The summed E-state index contributed by atoms with van der Waals surface area (Å²) in [4.78, 5) is 19.3. The molecule has 5 heteroatoms. The first-order chi connectivity index (χ1) is 12.7. The van der Waals surface area contributed by atoms with Gasteiger partial charge < -0.3 is 14.4 Å². The Labute approximate surface area is 152 Å². The number of nitrogens with zero attached hydrogens (tertiary/aromatic N) is 2. The normalized spacial score (nSPS) is 12.8. The van der Waals surface area contributed by atoms with E-state index in [0.717, 1.165) is 27.9 Å². The molecule has 0 saturated carbocycles. The lowest BCUT2D eigenvalue weighted by atomic mass is 10.0. The first kappa shape index (κ1) is 16.4. The van der Waals surface area contributed by atoms with E-state index in [4.69, 9.17) is 14.5 Å². The van der Waals surface area contributed by atoms with E-state index in [1.807, 2.05) is 55.5 Å². The quantitative estimate of drug-likeness (QED) is 0.723. The van der Waals surface area contributed by atoms with Crippen molar-refractivity contribution in [3.63, 3.8) is 0 Å². The predicted molar refractivity (Wildman–Crippen MR) is 101 cm³/mol. The van der Waals surface area contributed by atoms with Gasteiger partial charge in [0.15, 0.2) is 11.5 Å². The Morgan fingerprint density at radius 2 is 1.85 bits per heavy atom. The summed E-state index contributed by atoms with van der Waals surface area (Å²) in [5, 5.41) is 0.860. The largest absolute Gasteiger partial charge is 0.486 e. The summed E-state index contributed by atoms with van der Waals surface area (Å²) in [6.07, 6.45) is 0. The Morgan fingerprint density at radius 1 is 1.08 bits per heavy atom. The van der Waals surface area contributed by atoms with Crippen LogP contribution in [-0.2, 0) is 0 Å². The molecular formula is C21H20N2O3. The molecule has 26 heavy (non-hydrogen) atoms. The second-order valence-electron chi connectivity index (χ2n) is 6.25. The van der Waals surface area contributed by atoms with Crippen LogP contribution in [0.3, 0.4) is 0 Å². The van der Waals surface area contributed by atoms with Crippen LogP contribution < -0.4 is 9.47 Å². The fourth-order valence-electron chi connectivity index (χ4n) is 3.05. The van der Waals surface area contributed by atoms with E-state index >= 15 is 0 Å². The average molecular weight is 348 g/mol. The van der Waals surface area contributed by atoms with Crippen molar-refractivity contribution in [2.75, 3.05) is 26.8 Å². The molecule has 0 atom stereocenters. The van der Waals surface area contributed by atoms with Crippen molar-refractivity contribution >= 4 is 16.8 Å². The van der Waals surface area contributed by atoms with Gasteiger partial charge in [-0.3, -0.25) is 4.79 Å². The minimum absolute atomic E-state index is 0.00936. The van der Waals surface area contributed by atoms with E-state index in [2.05, 4.69) is 0 Å². The van der Waals surface area contributed by atoms with Gasteiger partial charge in [-0.15, -0.1) is 0 Å². The van der Waals surface area contributed by atoms with Gasteiger partial charge in [0, 0.05) is 24.5 Å². The van der Waals surface area contributed by atoms with Crippen LogP contribution >= 0.6 is 0 Å². The van der Waals surface area contributed by atoms with Crippen molar-refractivity contribution in [3.05, 3.63) is 54.1 Å². The molecule has 3 aromatic rings. The van der Waals surface area contributed by atoms with Crippen molar-refractivity contribution in [1.29, 1.82) is 0 Å². The van der Waals surface area contributed by atoms with Gasteiger partial charge in [-0.25, -0.2) is 4.98 Å². The van der Waals surface area contributed by atoms with Crippen molar-refractivity contribution in [1.82, 2.24) is 9.88 Å². The van der Waals surface area contributed by atoms with Gasteiger partial charge in [-0.05, 0) is 37.3 Å². The third-order valence-corrected chi connectivity index (χ3v) is 4.61. The molecule has 0 unspecified atom stereocenters. The molecule has 0 saturated heterocycles. The summed E-state index contributed by atoms with van der Waals surface area (Å²) >= 11 is 0. The van der Waals surface area contributed by atoms with Gasteiger partial charge in [0.1, 0.15) is 13.2 Å². The van der Waals surface area contributed by atoms with E-state index in [-0.39, 0.29) is 5.91 Å². The summed E-state index contributed by atoms with van der Waals surface area (Å²) in [5.74, 6) is 1.44. The molecule has 0 fully saturated rings. The molecule has 5 nitrogen and oxygen atoms in total. The minimum Gasteiger partial charge on any atom is -0.486 e. The highest BCUT2D eigenvalue weighted by Gasteiger charge is 2.18. The average Bonchev–Trinajstić information content (AvgIpc) is 2.71. The third kappa shape index (κ3) is 2.86. The van der Waals surface area contributed by atoms with Gasteiger partial charge in [-0.1, -0.05) is 18.2 Å². The van der Waals surface area contributed by atoms with Crippen LogP contribution in [0.2, 0.25) is 0 Å². The van der Waals surface area contributed by atoms with Crippen molar-refractivity contribution < 1.29 is 14.3 Å². The van der Waals surface area contributed by atoms with Gasteiger partial charge >= 0.3 is 0 Å². The zero-order chi connectivity index (χ0) is 18.1. The molecule has 4 rings (SSSR count). The van der Waals surface area contributed by atoms with E-state index in [9.17, 15) is 4.79 Å². The number of benzene rings is 2. The van der Waals surface area contributed by atoms with Crippen LogP contribution in [0.5, 0.6) is 11.5 Å². The van der Waals surface area contributed by atoms with Crippen molar-refractivity contribution in [2.45, 2.75) is 6.92 Å². The van der Waals surface area contributed by atoms with Crippen LogP contribution in [0, 0.1) is 0 Å². The second-order valence-corrected chi connectivity index (χ2v) is 6.25. The SMILES string of the molecule is CCN(C)C(=O)c1cc(-c2ccc3c(c2)OCCO3)nc2ccccc12. The summed E-state index contributed by atoms with van der Waals surface area (Å²) in [5.41, 5.74) is 3.10.